The Hall–Kier alpha value is -2.61. The van der Waals surface area contributed by atoms with Gasteiger partial charge in [0, 0.05) is 36.9 Å². The molecular formula is C15H17ClN6O2. The largest absolute Gasteiger partial charge is 0.338 e. The van der Waals surface area contributed by atoms with Gasteiger partial charge in [0.1, 0.15) is 19.2 Å². The Balaban J connectivity index is 1.48. The molecule has 0 unspecified atom stereocenters. The Labute approximate surface area is 144 Å². The Morgan fingerprint density at radius 2 is 1.75 bits per heavy atom. The zero-order valence-corrected chi connectivity index (χ0v) is 13.7. The lowest BCUT2D eigenvalue weighted by Crippen LogP contribution is -2.52. The minimum atomic E-state index is -0.180. The topological polar surface area (TPSA) is 83.4 Å². The van der Waals surface area contributed by atoms with E-state index in [9.17, 15) is 9.59 Å². The van der Waals surface area contributed by atoms with E-state index in [1.165, 1.54) is 17.3 Å². The van der Waals surface area contributed by atoms with Gasteiger partial charge in [-0.05, 0) is 24.3 Å². The lowest BCUT2D eigenvalue weighted by atomic mass is 10.3. The van der Waals surface area contributed by atoms with Gasteiger partial charge in [-0.1, -0.05) is 11.6 Å². The van der Waals surface area contributed by atoms with Gasteiger partial charge in [-0.25, -0.2) is 14.5 Å². The van der Waals surface area contributed by atoms with Gasteiger partial charge in [0.05, 0.1) is 0 Å². The summed E-state index contributed by atoms with van der Waals surface area (Å²) in [7, 11) is 0. The maximum Gasteiger partial charge on any atom is 0.321 e. The third-order valence-corrected chi connectivity index (χ3v) is 4.03. The summed E-state index contributed by atoms with van der Waals surface area (Å²) in [6, 6.07) is 6.76. The molecule has 126 valence electrons. The van der Waals surface area contributed by atoms with Crippen molar-refractivity contribution in [2.45, 2.75) is 6.54 Å². The molecular weight excluding hydrogens is 332 g/mol. The van der Waals surface area contributed by atoms with E-state index in [0.717, 1.165) is 0 Å². The molecule has 0 atom stereocenters. The van der Waals surface area contributed by atoms with E-state index in [1.54, 1.807) is 34.1 Å². The molecule has 1 fully saturated rings. The fourth-order valence-electron chi connectivity index (χ4n) is 2.45. The molecule has 1 aliphatic heterocycles. The number of amides is 3. The first-order valence-electron chi connectivity index (χ1n) is 7.53. The first-order chi connectivity index (χ1) is 11.6. The molecule has 8 nitrogen and oxygen atoms in total. The number of anilines is 1. The van der Waals surface area contributed by atoms with Crippen molar-refractivity contribution in [3.63, 3.8) is 0 Å². The van der Waals surface area contributed by atoms with Crippen LogP contribution in [0.1, 0.15) is 0 Å². The van der Waals surface area contributed by atoms with E-state index >= 15 is 0 Å². The molecule has 1 saturated heterocycles. The Bertz CT molecular complexity index is 695. The van der Waals surface area contributed by atoms with Crippen molar-refractivity contribution in [1.29, 1.82) is 0 Å². The number of piperazine rings is 1. The van der Waals surface area contributed by atoms with E-state index in [2.05, 4.69) is 15.4 Å². The summed E-state index contributed by atoms with van der Waals surface area (Å²) < 4.78 is 1.49. The molecule has 3 rings (SSSR count). The van der Waals surface area contributed by atoms with Crippen LogP contribution in [0.5, 0.6) is 0 Å². The van der Waals surface area contributed by atoms with E-state index in [4.69, 9.17) is 11.6 Å². The molecule has 0 aliphatic carbocycles. The van der Waals surface area contributed by atoms with Crippen molar-refractivity contribution in [2.75, 3.05) is 31.5 Å². The summed E-state index contributed by atoms with van der Waals surface area (Å²) in [5.41, 5.74) is 0.689. The number of carbonyl (C=O) groups excluding carboxylic acids is 2. The van der Waals surface area contributed by atoms with E-state index < -0.39 is 0 Å². The van der Waals surface area contributed by atoms with Gasteiger partial charge in [0.2, 0.25) is 5.91 Å². The van der Waals surface area contributed by atoms with Gasteiger partial charge in [0.15, 0.2) is 0 Å². The van der Waals surface area contributed by atoms with Crippen LogP contribution in [-0.4, -0.2) is 62.7 Å². The number of nitrogens with one attached hydrogen (secondary N) is 1. The van der Waals surface area contributed by atoms with Gasteiger partial charge in [0.25, 0.3) is 0 Å². The SMILES string of the molecule is O=C(Cn1cncn1)N1CCN(C(=O)Nc2ccc(Cl)cc2)CC1. The lowest BCUT2D eigenvalue weighted by molar-refractivity contribution is -0.133. The smallest absolute Gasteiger partial charge is 0.321 e. The Morgan fingerprint density at radius 1 is 1.08 bits per heavy atom. The Kier molecular flexibility index (Phi) is 4.95. The number of urea groups is 1. The molecule has 2 aromatic rings. The first-order valence-corrected chi connectivity index (χ1v) is 7.91. The van der Waals surface area contributed by atoms with Crippen molar-refractivity contribution < 1.29 is 9.59 Å². The van der Waals surface area contributed by atoms with Gasteiger partial charge < -0.3 is 15.1 Å². The molecule has 0 radical (unpaired) electrons. The number of benzene rings is 1. The zero-order chi connectivity index (χ0) is 16.9. The van der Waals surface area contributed by atoms with E-state index in [1.807, 2.05) is 0 Å². The molecule has 24 heavy (non-hydrogen) atoms. The quantitative estimate of drug-likeness (QED) is 0.906. The van der Waals surface area contributed by atoms with Crippen LogP contribution in [-0.2, 0) is 11.3 Å². The number of nitrogens with zero attached hydrogens (tertiary/aromatic N) is 5. The summed E-state index contributed by atoms with van der Waals surface area (Å²) in [5, 5.41) is 7.36. The summed E-state index contributed by atoms with van der Waals surface area (Å²) in [5.74, 6) is -0.0294. The van der Waals surface area contributed by atoms with Gasteiger partial charge in [-0.2, -0.15) is 5.10 Å². The maximum absolute atomic E-state index is 12.2. The normalized spacial score (nSPS) is 14.5. The van der Waals surface area contributed by atoms with Crippen LogP contribution < -0.4 is 5.32 Å². The average Bonchev–Trinajstić information content (AvgIpc) is 3.10. The maximum atomic E-state index is 12.2. The highest BCUT2D eigenvalue weighted by Crippen LogP contribution is 2.14. The van der Waals surface area contributed by atoms with Crippen molar-refractivity contribution in [3.8, 4) is 0 Å². The lowest BCUT2D eigenvalue weighted by Gasteiger charge is -2.34. The predicted molar refractivity (Wildman–Crippen MR) is 88.6 cm³/mol. The molecule has 0 bridgehead atoms. The number of hydrogen-bond acceptors (Lipinski definition) is 4. The molecule has 1 aliphatic rings. The second-order valence-corrected chi connectivity index (χ2v) is 5.83. The third-order valence-electron chi connectivity index (χ3n) is 3.78. The van der Waals surface area contributed by atoms with Gasteiger partial charge in [-0.3, -0.25) is 4.79 Å². The van der Waals surface area contributed by atoms with Crippen molar-refractivity contribution in [2.24, 2.45) is 0 Å². The molecule has 0 saturated carbocycles. The highest BCUT2D eigenvalue weighted by atomic mass is 35.5. The second-order valence-electron chi connectivity index (χ2n) is 5.40. The minimum Gasteiger partial charge on any atom is -0.338 e. The highest BCUT2D eigenvalue weighted by Gasteiger charge is 2.24. The monoisotopic (exact) mass is 348 g/mol. The van der Waals surface area contributed by atoms with Crippen molar-refractivity contribution in [1.82, 2.24) is 24.6 Å². The standard InChI is InChI=1S/C15H17ClN6O2/c16-12-1-3-13(4-2-12)19-15(24)21-7-5-20(6-8-21)14(23)9-22-11-17-10-18-22/h1-4,10-11H,5-9H2,(H,19,24). The van der Waals surface area contributed by atoms with E-state index in [-0.39, 0.29) is 18.5 Å². The molecule has 0 spiro atoms. The first kappa shape index (κ1) is 16.3. The van der Waals surface area contributed by atoms with Crippen LogP contribution in [0.3, 0.4) is 0 Å². The van der Waals surface area contributed by atoms with Crippen molar-refractivity contribution >= 4 is 29.2 Å². The zero-order valence-electron chi connectivity index (χ0n) is 12.9. The number of aromatic nitrogens is 3. The van der Waals surface area contributed by atoms with Crippen LogP contribution in [0.2, 0.25) is 5.02 Å². The van der Waals surface area contributed by atoms with Crippen molar-refractivity contribution in [3.05, 3.63) is 41.9 Å². The summed E-state index contributed by atoms with van der Waals surface area (Å²) in [4.78, 5) is 31.6. The van der Waals surface area contributed by atoms with Crippen LogP contribution in [0.15, 0.2) is 36.9 Å². The third kappa shape index (κ3) is 4.02. The molecule has 9 heteroatoms. The minimum absolute atomic E-state index is 0.0294. The van der Waals surface area contributed by atoms with Crippen LogP contribution >= 0.6 is 11.6 Å². The molecule has 1 aromatic carbocycles. The Morgan fingerprint density at radius 3 is 2.38 bits per heavy atom. The average molecular weight is 349 g/mol. The fraction of sp³-hybridized carbons (Fsp3) is 0.333. The number of carbonyl (C=O) groups is 2. The number of halogens is 1. The van der Waals surface area contributed by atoms with Crippen LogP contribution in [0.4, 0.5) is 10.5 Å². The summed E-state index contributed by atoms with van der Waals surface area (Å²) in [6.07, 6.45) is 2.90. The second kappa shape index (κ2) is 7.31. The number of rotatable bonds is 3. The summed E-state index contributed by atoms with van der Waals surface area (Å²) >= 11 is 5.82. The number of hydrogen-bond donors (Lipinski definition) is 1. The van der Waals surface area contributed by atoms with E-state index in [0.29, 0.717) is 36.9 Å². The predicted octanol–water partition coefficient (Wildman–Crippen LogP) is 1.31. The summed E-state index contributed by atoms with van der Waals surface area (Å²) in [6.45, 7) is 2.14. The van der Waals surface area contributed by atoms with Gasteiger partial charge >= 0.3 is 6.03 Å². The molecule has 3 amide bonds. The van der Waals surface area contributed by atoms with Crippen LogP contribution in [0.25, 0.3) is 0 Å². The highest BCUT2D eigenvalue weighted by molar-refractivity contribution is 6.30. The molecule has 1 aromatic heterocycles. The van der Waals surface area contributed by atoms with Crippen LogP contribution in [0, 0.1) is 0 Å². The van der Waals surface area contributed by atoms with Gasteiger partial charge in [-0.15, -0.1) is 0 Å². The molecule has 1 N–H and O–H groups in total. The fourth-order valence-corrected chi connectivity index (χ4v) is 2.57. The molecule has 2 heterocycles.